The summed E-state index contributed by atoms with van der Waals surface area (Å²) in [6.45, 7) is 14.8. The van der Waals surface area contributed by atoms with Crippen LogP contribution in [0.3, 0.4) is 0 Å². The standard InChI is InChI=1S/C34H42F3N7O/c1-22-7-9-28(10-8-22)19-43-27(6)32(25(4)39-43)15-16-33(45)41-17-23(2)42(24(3)18-41)20-31-21-44(40-38-31)26(5)29-11-13-30(14-12-29)34(35,36)37/h7-14,21,23-24,26H,15-20H2,1-6H3/t23-,24+,26-/m0/s1. The van der Waals surface area contributed by atoms with E-state index >= 15 is 0 Å². The molecule has 8 nitrogen and oxygen atoms in total. The zero-order chi connectivity index (χ0) is 32.5. The van der Waals surface area contributed by atoms with Crippen molar-refractivity contribution in [1.82, 2.24) is 34.6 Å². The van der Waals surface area contributed by atoms with Gasteiger partial charge >= 0.3 is 6.18 Å². The molecular weight excluding hydrogens is 579 g/mol. The highest BCUT2D eigenvalue weighted by Gasteiger charge is 2.33. The van der Waals surface area contributed by atoms with Crippen molar-refractivity contribution in [2.24, 2.45) is 0 Å². The van der Waals surface area contributed by atoms with Crippen molar-refractivity contribution >= 4 is 5.91 Å². The van der Waals surface area contributed by atoms with Crippen LogP contribution in [0.1, 0.15) is 78.1 Å². The lowest BCUT2D eigenvalue weighted by Gasteiger charge is -2.44. The van der Waals surface area contributed by atoms with Crippen LogP contribution >= 0.6 is 0 Å². The second-order valence-corrected chi connectivity index (χ2v) is 12.4. The molecule has 0 aliphatic carbocycles. The number of hydrogen-bond donors (Lipinski definition) is 0. The van der Waals surface area contributed by atoms with Crippen LogP contribution < -0.4 is 0 Å². The van der Waals surface area contributed by atoms with Gasteiger partial charge in [0.05, 0.1) is 35.7 Å². The summed E-state index contributed by atoms with van der Waals surface area (Å²) in [5.41, 5.74) is 6.47. The van der Waals surface area contributed by atoms with Crippen molar-refractivity contribution in [1.29, 1.82) is 0 Å². The molecule has 1 fully saturated rings. The molecule has 1 amide bonds. The Morgan fingerprint density at radius 3 is 2.22 bits per heavy atom. The van der Waals surface area contributed by atoms with E-state index in [1.165, 1.54) is 23.3 Å². The SMILES string of the molecule is Cc1ccc(Cn2nc(C)c(CCC(=O)N3C[C@@H](C)N(Cc4cn([C@@H](C)c5ccc(C(F)(F)F)cc5)nn4)[C@@H](C)C3)c2C)cc1. The fourth-order valence-electron chi connectivity index (χ4n) is 6.24. The van der Waals surface area contributed by atoms with E-state index in [0.29, 0.717) is 39.0 Å². The lowest BCUT2D eigenvalue weighted by molar-refractivity contribution is -0.137. The number of halogens is 3. The number of hydrogen-bond acceptors (Lipinski definition) is 5. The van der Waals surface area contributed by atoms with Gasteiger partial charge in [0.25, 0.3) is 0 Å². The quantitative estimate of drug-likeness (QED) is 0.225. The number of piperazine rings is 1. The third-order valence-corrected chi connectivity index (χ3v) is 9.05. The van der Waals surface area contributed by atoms with E-state index in [1.54, 1.807) is 4.68 Å². The van der Waals surface area contributed by atoms with Crippen molar-refractivity contribution in [2.75, 3.05) is 13.1 Å². The average molecular weight is 622 g/mol. The fraction of sp³-hybridized carbons (Fsp3) is 0.471. The first-order chi connectivity index (χ1) is 21.3. The van der Waals surface area contributed by atoms with Gasteiger partial charge in [-0.25, -0.2) is 4.68 Å². The average Bonchev–Trinajstić information content (AvgIpc) is 3.57. The molecule has 2 aromatic carbocycles. The number of rotatable bonds is 9. The molecule has 1 aliphatic heterocycles. The highest BCUT2D eigenvalue weighted by atomic mass is 19.4. The topological polar surface area (TPSA) is 72.1 Å². The van der Waals surface area contributed by atoms with Crippen LogP contribution in [0, 0.1) is 20.8 Å². The molecule has 0 bridgehead atoms. The van der Waals surface area contributed by atoms with Gasteiger partial charge in [-0.1, -0.05) is 47.2 Å². The molecule has 0 radical (unpaired) electrons. The van der Waals surface area contributed by atoms with Gasteiger partial charge in [-0.15, -0.1) is 5.10 Å². The van der Waals surface area contributed by atoms with E-state index in [0.717, 1.165) is 40.3 Å². The molecule has 0 N–H and O–H groups in total. The lowest BCUT2D eigenvalue weighted by atomic mass is 10.0. The number of amides is 1. The van der Waals surface area contributed by atoms with Gasteiger partial charge in [-0.3, -0.25) is 14.4 Å². The smallest absolute Gasteiger partial charge is 0.340 e. The van der Waals surface area contributed by atoms with E-state index in [1.807, 2.05) is 29.6 Å². The number of carbonyl (C=O) groups excluding carboxylic acids is 1. The summed E-state index contributed by atoms with van der Waals surface area (Å²) < 4.78 is 42.6. The molecule has 1 aliphatic rings. The van der Waals surface area contributed by atoms with Crippen molar-refractivity contribution in [3.8, 4) is 0 Å². The van der Waals surface area contributed by atoms with E-state index < -0.39 is 11.7 Å². The number of alkyl halides is 3. The largest absolute Gasteiger partial charge is 0.416 e. The van der Waals surface area contributed by atoms with E-state index in [-0.39, 0.29) is 24.0 Å². The third-order valence-electron chi connectivity index (χ3n) is 9.05. The Hall–Kier alpha value is -3.99. The molecule has 0 saturated carbocycles. The van der Waals surface area contributed by atoms with Gasteiger partial charge in [-0.05, 0) is 76.8 Å². The number of aromatic nitrogens is 5. The monoisotopic (exact) mass is 621 g/mol. The predicted molar refractivity (Wildman–Crippen MR) is 167 cm³/mol. The van der Waals surface area contributed by atoms with Crippen molar-refractivity contribution in [3.63, 3.8) is 0 Å². The van der Waals surface area contributed by atoms with Crippen LogP contribution in [0.15, 0.2) is 54.7 Å². The number of nitrogens with zero attached hydrogens (tertiary/aromatic N) is 7. The maximum atomic E-state index is 13.4. The van der Waals surface area contributed by atoms with Crippen LogP contribution in [0.2, 0.25) is 0 Å². The fourth-order valence-corrected chi connectivity index (χ4v) is 6.24. The molecule has 0 spiro atoms. The van der Waals surface area contributed by atoms with Gasteiger partial charge in [-0.2, -0.15) is 18.3 Å². The van der Waals surface area contributed by atoms with Crippen molar-refractivity contribution in [3.05, 3.63) is 99.6 Å². The van der Waals surface area contributed by atoms with Crippen molar-refractivity contribution < 1.29 is 18.0 Å². The van der Waals surface area contributed by atoms with E-state index in [9.17, 15) is 18.0 Å². The Morgan fingerprint density at radius 1 is 0.956 bits per heavy atom. The molecule has 4 aromatic rings. The highest BCUT2D eigenvalue weighted by Crippen LogP contribution is 2.30. The Labute approximate surface area is 262 Å². The predicted octanol–water partition coefficient (Wildman–Crippen LogP) is 6.13. The molecule has 45 heavy (non-hydrogen) atoms. The molecule has 11 heteroatoms. The maximum absolute atomic E-state index is 13.4. The van der Waals surface area contributed by atoms with Crippen molar-refractivity contribution in [2.45, 2.75) is 91.8 Å². The molecule has 0 unspecified atom stereocenters. The summed E-state index contributed by atoms with van der Waals surface area (Å²) in [7, 11) is 0. The second-order valence-electron chi connectivity index (χ2n) is 12.4. The first kappa shape index (κ1) is 32.4. The zero-order valence-electron chi connectivity index (χ0n) is 26.8. The minimum absolute atomic E-state index is 0.121. The summed E-state index contributed by atoms with van der Waals surface area (Å²) in [6.07, 6.45) is -1.42. The Kier molecular flexibility index (Phi) is 9.48. The molecule has 3 heterocycles. The lowest BCUT2D eigenvalue weighted by Crippen LogP contribution is -2.57. The minimum Gasteiger partial charge on any atom is -0.340 e. The Balaban J connectivity index is 1.15. The molecule has 240 valence electrons. The first-order valence-electron chi connectivity index (χ1n) is 15.5. The number of aryl methyl sites for hydroxylation is 2. The summed E-state index contributed by atoms with van der Waals surface area (Å²) in [6, 6.07) is 13.6. The zero-order valence-corrected chi connectivity index (χ0v) is 26.8. The van der Waals surface area contributed by atoms with Gasteiger partial charge in [0, 0.05) is 43.8 Å². The number of benzene rings is 2. The van der Waals surface area contributed by atoms with Crippen LogP contribution in [-0.4, -0.2) is 65.7 Å². The van der Waals surface area contributed by atoms with Gasteiger partial charge in [0.1, 0.15) is 0 Å². The molecule has 2 aromatic heterocycles. The number of carbonyl (C=O) groups is 1. The summed E-state index contributed by atoms with van der Waals surface area (Å²) in [4.78, 5) is 17.7. The first-order valence-corrected chi connectivity index (χ1v) is 15.5. The maximum Gasteiger partial charge on any atom is 0.416 e. The van der Waals surface area contributed by atoms with Gasteiger partial charge in [0.2, 0.25) is 5.91 Å². The minimum atomic E-state index is -4.37. The summed E-state index contributed by atoms with van der Waals surface area (Å²) in [5, 5.41) is 13.4. The molecular formula is C34H42F3N7O. The molecule has 5 rings (SSSR count). The Morgan fingerprint density at radius 2 is 1.60 bits per heavy atom. The molecule has 1 saturated heterocycles. The third kappa shape index (κ3) is 7.46. The second kappa shape index (κ2) is 13.2. The van der Waals surface area contributed by atoms with Crippen LogP contribution in [0.4, 0.5) is 13.2 Å². The Bertz CT molecular complexity index is 1600. The van der Waals surface area contributed by atoms with Crippen LogP contribution in [-0.2, 0) is 30.5 Å². The van der Waals surface area contributed by atoms with E-state index in [4.69, 9.17) is 5.10 Å². The van der Waals surface area contributed by atoms with Crippen LogP contribution in [0.25, 0.3) is 0 Å². The highest BCUT2D eigenvalue weighted by molar-refractivity contribution is 5.76. The van der Waals surface area contributed by atoms with E-state index in [2.05, 4.69) is 67.2 Å². The molecule has 3 atom stereocenters. The summed E-state index contributed by atoms with van der Waals surface area (Å²) in [5.74, 6) is 0.148. The summed E-state index contributed by atoms with van der Waals surface area (Å²) >= 11 is 0. The normalized spacial score (nSPS) is 18.4. The van der Waals surface area contributed by atoms with Gasteiger partial charge in [0.15, 0.2) is 0 Å². The van der Waals surface area contributed by atoms with Crippen LogP contribution in [0.5, 0.6) is 0 Å². The van der Waals surface area contributed by atoms with Gasteiger partial charge < -0.3 is 4.90 Å².